The quantitative estimate of drug-likeness (QED) is 0.0737. The van der Waals surface area contributed by atoms with Crippen molar-refractivity contribution in [1.29, 1.82) is 0 Å². The highest BCUT2D eigenvalue weighted by atomic mass is 16.5. The molecule has 0 saturated heterocycles. The molecule has 2 N–H and O–H groups in total. The zero-order valence-electron chi connectivity index (χ0n) is 38.4. The number of carbonyl (C=O) groups excluding carboxylic acids is 3. The van der Waals surface area contributed by atoms with Crippen LogP contribution in [0.4, 0.5) is 4.79 Å². The Kier molecular flexibility index (Phi) is 14.4. The first-order valence-electron chi connectivity index (χ1n) is 23.4. The van der Waals surface area contributed by atoms with Gasteiger partial charge in [-0.25, -0.2) is 9.78 Å². The van der Waals surface area contributed by atoms with Gasteiger partial charge in [0, 0.05) is 31.1 Å². The zero-order chi connectivity index (χ0) is 47.3. The van der Waals surface area contributed by atoms with Crippen LogP contribution in [-0.2, 0) is 51.5 Å². The Labute approximate surface area is 403 Å². The van der Waals surface area contributed by atoms with Crippen molar-refractivity contribution in [2.75, 3.05) is 13.1 Å². The first-order chi connectivity index (χ1) is 33.9. The van der Waals surface area contributed by atoms with Gasteiger partial charge >= 0.3 is 6.09 Å². The number of nitrogens with zero attached hydrogens (tertiary/aromatic N) is 3. The van der Waals surface area contributed by atoms with Gasteiger partial charge in [0.2, 0.25) is 11.8 Å². The summed E-state index contributed by atoms with van der Waals surface area (Å²) in [5.74, 6) is -0.102. The van der Waals surface area contributed by atoms with Crippen molar-refractivity contribution in [3.05, 3.63) is 263 Å². The lowest BCUT2D eigenvalue weighted by atomic mass is 9.77. The highest BCUT2D eigenvalue weighted by molar-refractivity contribution is 5.90. The van der Waals surface area contributed by atoms with E-state index in [0.717, 1.165) is 46.2 Å². The predicted octanol–water partition coefficient (Wildman–Crippen LogP) is 10.0. The number of alkyl carbamates (subject to hydrolysis) is 1. The third-order valence-electron chi connectivity index (χ3n) is 12.9. The molecule has 10 nitrogen and oxygen atoms in total. The van der Waals surface area contributed by atoms with Crippen molar-refractivity contribution in [3.63, 3.8) is 0 Å². The maximum atomic E-state index is 15.2. The van der Waals surface area contributed by atoms with E-state index in [4.69, 9.17) is 14.5 Å². The number of aromatic nitrogens is 2. The summed E-state index contributed by atoms with van der Waals surface area (Å²) in [6.45, 7) is 0.689. The van der Waals surface area contributed by atoms with Gasteiger partial charge in [-0.05, 0) is 63.9 Å². The number of imidazole rings is 1. The first-order valence-corrected chi connectivity index (χ1v) is 23.4. The van der Waals surface area contributed by atoms with Crippen LogP contribution >= 0.6 is 0 Å². The number of carbonyl (C=O) groups is 3. The van der Waals surface area contributed by atoms with E-state index >= 15 is 4.79 Å². The molecule has 3 amide bonds. The van der Waals surface area contributed by atoms with Gasteiger partial charge in [-0.2, -0.15) is 0 Å². The molecule has 0 spiro atoms. The second-order valence-electron chi connectivity index (χ2n) is 17.6. The molecule has 1 fully saturated rings. The molecule has 346 valence electrons. The summed E-state index contributed by atoms with van der Waals surface area (Å²) in [6.07, 6.45) is 4.87. The summed E-state index contributed by atoms with van der Waals surface area (Å²) in [5.41, 5.74) is 6.39. The smallest absolute Gasteiger partial charge is 0.408 e. The lowest BCUT2D eigenvalue weighted by molar-refractivity contribution is -0.138. The Hall–Kier alpha value is -8.24. The number of nitrogens with one attached hydrogen (secondary N) is 2. The lowest BCUT2D eigenvalue weighted by Crippen LogP contribution is -2.52. The van der Waals surface area contributed by atoms with Crippen LogP contribution in [0.25, 0.3) is 0 Å². The van der Waals surface area contributed by atoms with Crippen molar-refractivity contribution in [2.45, 2.75) is 56.0 Å². The normalized spacial score (nSPS) is 13.1. The highest BCUT2D eigenvalue weighted by Gasteiger charge is 2.44. The van der Waals surface area contributed by atoms with Crippen molar-refractivity contribution in [3.8, 4) is 5.75 Å². The van der Waals surface area contributed by atoms with E-state index in [1.807, 2.05) is 164 Å². The zero-order valence-corrected chi connectivity index (χ0v) is 38.4. The number of hydrogen-bond acceptors (Lipinski definition) is 6. The van der Waals surface area contributed by atoms with E-state index < -0.39 is 23.6 Å². The van der Waals surface area contributed by atoms with Gasteiger partial charge in [0.15, 0.2) is 0 Å². The number of hydrogen-bond donors (Lipinski definition) is 2. The van der Waals surface area contributed by atoms with E-state index in [0.29, 0.717) is 24.6 Å². The van der Waals surface area contributed by atoms with Gasteiger partial charge in [0.1, 0.15) is 30.5 Å². The fourth-order valence-electron chi connectivity index (χ4n) is 9.05. The van der Waals surface area contributed by atoms with Crippen molar-refractivity contribution in [1.82, 2.24) is 25.1 Å². The third-order valence-corrected chi connectivity index (χ3v) is 12.9. The molecule has 0 radical (unpaired) electrons. The molecule has 8 aromatic rings. The minimum atomic E-state index is -1.17. The minimum Gasteiger partial charge on any atom is -0.489 e. The lowest BCUT2D eigenvalue weighted by Gasteiger charge is -2.37. The second kappa shape index (κ2) is 21.6. The molecule has 1 aliphatic carbocycles. The van der Waals surface area contributed by atoms with E-state index in [1.54, 1.807) is 6.33 Å². The molecule has 1 saturated carbocycles. The van der Waals surface area contributed by atoms with Gasteiger partial charge in [0.25, 0.3) is 0 Å². The highest BCUT2D eigenvalue weighted by Crippen LogP contribution is 2.47. The third kappa shape index (κ3) is 11.1. The Morgan fingerprint density at radius 2 is 1.13 bits per heavy atom. The van der Waals surface area contributed by atoms with Crippen molar-refractivity contribution < 1.29 is 23.9 Å². The van der Waals surface area contributed by atoms with Gasteiger partial charge in [-0.1, -0.05) is 194 Å². The Morgan fingerprint density at radius 1 is 0.623 bits per heavy atom. The molecular weight excluding hydrogens is 859 g/mol. The molecule has 1 atom stereocenters. The number of benzene rings is 7. The van der Waals surface area contributed by atoms with E-state index in [2.05, 4.69) is 63.7 Å². The number of ether oxygens (including phenoxy) is 2. The van der Waals surface area contributed by atoms with Crippen LogP contribution in [0.5, 0.6) is 5.75 Å². The van der Waals surface area contributed by atoms with Gasteiger partial charge < -0.3 is 29.6 Å². The first kappa shape index (κ1) is 45.9. The summed E-state index contributed by atoms with van der Waals surface area (Å²) in [4.78, 5) is 49.5. The van der Waals surface area contributed by atoms with Crippen LogP contribution in [0.2, 0.25) is 0 Å². The molecular formula is C59H55N5O5. The molecule has 0 bridgehead atoms. The Bertz CT molecular complexity index is 2800. The van der Waals surface area contributed by atoms with Crippen LogP contribution in [0.3, 0.4) is 0 Å². The molecule has 0 aliphatic heterocycles. The standard InChI is InChI=1S/C59H55N5O5/c65-55(60-43-58(35-36-58)48-23-11-3-12-24-48)40-63(38-45-31-33-53(34-32-45)68-41-46-19-7-1-8-20-46)56(66)54(62-57(67)69-42-47-21-9-2-10-22-47)37-52-39-64(44-61-52)59(49-25-13-4-14-26-49,50-27-15-5-16-28-50)51-29-17-6-18-30-51/h1-34,39,44,54H,35-38,40-43H2,(H,60,65)(H,62,67)/t54-/m0/s1. The van der Waals surface area contributed by atoms with Gasteiger partial charge in [0.05, 0.1) is 18.6 Å². The second-order valence-corrected chi connectivity index (χ2v) is 17.6. The van der Waals surface area contributed by atoms with Crippen molar-refractivity contribution >= 4 is 17.9 Å². The molecule has 7 aromatic carbocycles. The van der Waals surface area contributed by atoms with Crippen LogP contribution in [0.15, 0.2) is 219 Å². The predicted molar refractivity (Wildman–Crippen MR) is 267 cm³/mol. The average molecular weight is 914 g/mol. The van der Waals surface area contributed by atoms with Gasteiger partial charge in [-0.3, -0.25) is 9.59 Å². The molecule has 1 heterocycles. The van der Waals surface area contributed by atoms with E-state index in [9.17, 15) is 9.59 Å². The molecule has 10 heteroatoms. The van der Waals surface area contributed by atoms with Gasteiger partial charge in [-0.15, -0.1) is 0 Å². The van der Waals surface area contributed by atoms with E-state index in [1.165, 1.54) is 10.5 Å². The maximum Gasteiger partial charge on any atom is 0.408 e. The summed E-state index contributed by atoms with van der Waals surface area (Å²) in [5, 5.41) is 6.04. The van der Waals surface area contributed by atoms with Crippen LogP contribution in [0.1, 0.15) is 57.5 Å². The topological polar surface area (TPSA) is 115 Å². The summed E-state index contributed by atoms with van der Waals surface area (Å²) >= 11 is 0. The maximum absolute atomic E-state index is 15.2. The van der Waals surface area contributed by atoms with Crippen LogP contribution in [-0.4, -0.2) is 51.5 Å². The molecule has 1 aromatic heterocycles. The minimum absolute atomic E-state index is 0.00220. The molecule has 1 aliphatic rings. The summed E-state index contributed by atoms with van der Waals surface area (Å²) < 4.78 is 13.9. The summed E-state index contributed by atoms with van der Waals surface area (Å²) in [6, 6.07) is 66.6. The van der Waals surface area contributed by atoms with Crippen LogP contribution in [0, 0.1) is 0 Å². The monoisotopic (exact) mass is 913 g/mol. The molecule has 9 rings (SSSR count). The fourth-order valence-corrected chi connectivity index (χ4v) is 9.05. The van der Waals surface area contributed by atoms with Crippen LogP contribution < -0.4 is 15.4 Å². The Balaban J connectivity index is 1.03. The average Bonchev–Trinajstić information content (AvgIpc) is 4.07. The SMILES string of the molecule is O=C(CN(Cc1ccc(OCc2ccccc2)cc1)C(=O)[C@H](Cc1cn(C(c2ccccc2)(c2ccccc2)c2ccccc2)cn1)NC(=O)OCc1ccccc1)NCC1(c2ccccc2)CC1. The Morgan fingerprint density at radius 3 is 1.67 bits per heavy atom. The largest absolute Gasteiger partial charge is 0.489 e. The fraction of sp³-hybridized carbons (Fsp3) is 0.186. The van der Waals surface area contributed by atoms with Crippen molar-refractivity contribution in [2.24, 2.45) is 0 Å². The van der Waals surface area contributed by atoms with E-state index in [-0.39, 0.29) is 37.4 Å². The summed E-state index contributed by atoms with van der Waals surface area (Å²) in [7, 11) is 0. The number of rotatable bonds is 20. The number of amides is 3. The molecule has 0 unspecified atom stereocenters. The molecule has 69 heavy (non-hydrogen) atoms.